The van der Waals surface area contributed by atoms with Gasteiger partial charge < -0.3 is 15.1 Å². The molecule has 0 saturated carbocycles. The van der Waals surface area contributed by atoms with Crippen LogP contribution in [0, 0.1) is 0 Å². The fourth-order valence-corrected chi connectivity index (χ4v) is 2.25. The van der Waals surface area contributed by atoms with Crippen LogP contribution in [0.2, 0.25) is 0 Å². The molecule has 0 amide bonds. The van der Waals surface area contributed by atoms with E-state index in [-0.39, 0.29) is 0 Å². The minimum atomic E-state index is 0.930. The van der Waals surface area contributed by atoms with E-state index in [0.717, 1.165) is 32.0 Å². The first-order valence-corrected chi connectivity index (χ1v) is 7.36. The number of rotatable bonds is 9. The summed E-state index contributed by atoms with van der Waals surface area (Å²) in [4.78, 5) is 9.14. The van der Waals surface area contributed by atoms with Crippen molar-refractivity contribution in [3.05, 3.63) is 18.3 Å². The van der Waals surface area contributed by atoms with Gasteiger partial charge in [-0.05, 0) is 39.0 Å². The van der Waals surface area contributed by atoms with Crippen molar-refractivity contribution in [2.75, 3.05) is 50.0 Å². The average Bonchev–Trinajstić information content (AvgIpc) is 2.47. The van der Waals surface area contributed by atoms with Gasteiger partial charge in [0.2, 0.25) is 0 Å². The number of hydrogen-bond acceptors (Lipinski definition) is 4. The van der Waals surface area contributed by atoms with E-state index in [1.54, 1.807) is 0 Å². The van der Waals surface area contributed by atoms with Crippen molar-refractivity contribution in [1.82, 2.24) is 9.88 Å². The van der Waals surface area contributed by atoms with E-state index in [1.807, 2.05) is 13.2 Å². The van der Waals surface area contributed by atoms with E-state index in [2.05, 4.69) is 53.0 Å². The number of pyridine rings is 1. The van der Waals surface area contributed by atoms with Crippen LogP contribution >= 0.6 is 0 Å². The highest BCUT2D eigenvalue weighted by Crippen LogP contribution is 2.17. The van der Waals surface area contributed by atoms with Crippen molar-refractivity contribution in [3.8, 4) is 0 Å². The molecular formula is C15H28N4. The summed E-state index contributed by atoms with van der Waals surface area (Å²) in [6.07, 6.45) is 3.07. The van der Waals surface area contributed by atoms with Crippen LogP contribution in [-0.2, 0) is 0 Å². The standard InChI is InChI=1S/C15H28N4/c1-5-18(6-2)11-8-12-19(7-3)14-9-10-17-15(13-14)16-4/h9-10,13H,5-8,11-12H2,1-4H3,(H,16,17). The molecule has 1 aromatic heterocycles. The van der Waals surface area contributed by atoms with E-state index in [4.69, 9.17) is 0 Å². The molecule has 0 aliphatic heterocycles. The molecule has 4 heteroatoms. The van der Waals surface area contributed by atoms with Gasteiger partial charge >= 0.3 is 0 Å². The van der Waals surface area contributed by atoms with Crippen LogP contribution in [0.25, 0.3) is 0 Å². The van der Waals surface area contributed by atoms with E-state index in [1.165, 1.54) is 18.7 Å². The molecule has 0 radical (unpaired) electrons. The van der Waals surface area contributed by atoms with Crippen LogP contribution in [-0.4, -0.2) is 49.7 Å². The summed E-state index contributed by atoms with van der Waals surface area (Å²) in [5.74, 6) is 0.930. The highest BCUT2D eigenvalue weighted by Gasteiger charge is 2.06. The second-order valence-electron chi connectivity index (χ2n) is 4.61. The van der Waals surface area contributed by atoms with Crippen LogP contribution in [0.15, 0.2) is 18.3 Å². The van der Waals surface area contributed by atoms with Crippen molar-refractivity contribution >= 4 is 11.5 Å². The third kappa shape index (κ3) is 5.07. The molecule has 0 aromatic carbocycles. The van der Waals surface area contributed by atoms with Crippen molar-refractivity contribution < 1.29 is 0 Å². The Bertz CT molecular complexity index is 350. The zero-order chi connectivity index (χ0) is 14.1. The van der Waals surface area contributed by atoms with Gasteiger partial charge in [0.25, 0.3) is 0 Å². The third-order valence-electron chi connectivity index (χ3n) is 3.54. The first-order valence-electron chi connectivity index (χ1n) is 7.36. The zero-order valence-electron chi connectivity index (χ0n) is 12.8. The number of anilines is 2. The van der Waals surface area contributed by atoms with Crippen molar-refractivity contribution in [1.29, 1.82) is 0 Å². The summed E-state index contributed by atoms with van der Waals surface area (Å²) >= 11 is 0. The van der Waals surface area contributed by atoms with Crippen LogP contribution in [0.4, 0.5) is 11.5 Å². The van der Waals surface area contributed by atoms with Gasteiger partial charge in [0.1, 0.15) is 5.82 Å². The van der Waals surface area contributed by atoms with Crippen LogP contribution in [0.5, 0.6) is 0 Å². The minimum Gasteiger partial charge on any atom is -0.373 e. The molecule has 108 valence electrons. The lowest BCUT2D eigenvalue weighted by Gasteiger charge is -2.25. The molecule has 0 aliphatic carbocycles. The molecule has 1 heterocycles. The highest BCUT2D eigenvalue weighted by molar-refractivity contribution is 5.53. The number of aromatic nitrogens is 1. The molecule has 1 aromatic rings. The number of nitrogens with one attached hydrogen (secondary N) is 1. The summed E-state index contributed by atoms with van der Waals surface area (Å²) in [5, 5.41) is 3.09. The van der Waals surface area contributed by atoms with E-state index >= 15 is 0 Å². The third-order valence-corrected chi connectivity index (χ3v) is 3.54. The van der Waals surface area contributed by atoms with Gasteiger partial charge in [-0.1, -0.05) is 13.8 Å². The second kappa shape index (κ2) is 8.75. The Kier molecular flexibility index (Phi) is 7.26. The molecular weight excluding hydrogens is 236 g/mol. The predicted octanol–water partition coefficient (Wildman–Crippen LogP) is 2.68. The molecule has 1 rings (SSSR count). The zero-order valence-corrected chi connectivity index (χ0v) is 12.8. The topological polar surface area (TPSA) is 31.4 Å². The Labute approximate surface area is 117 Å². The van der Waals surface area contributed by atoms with E-state index < -0.39 is 0 Å². The molecule has 0 aliphatic rings. The number of hydrogen-bond donors (Lipinski definition) is 1. The van der Waals surface area contributed by atoms with Gasteiger partial charge in [-0.15, -0.1) is 0 Å². The molecule has 1 N–H and O–H groups in total. The Hall–Kier alpha value is -1.29. The smallest absolute Gasteiger partial charge is 0.127 e. The van der Waals surface area contributed by atoms with Crippen molar-refractivity contribution in [2.24, 2.45) is 0 Å². The molecule has 0 bridgehead atoms. The van der Waals surface area contributed by atoms with Gasteiger partial charge in [-0.2, -0.15) is 0 Å². The SMILES string of the molecule is CCN(CC)CCCN(CC)c1ccnc(NC)c1. The molecule has 0 fully saturated rings. The molecule has 4 nitrogen and oxygen atoms in total. The maximum atomic E-state index is 4.26. The van der Waals surface area contributed by atoms with E-state index in [0.29, 0.717) is 0 Å². The van der Waals surface area contributed by atoms with Gasteiger partial charge in [-0.3, -0.25) is 0 Å². The summed E-state index contributed by atoms with van der Waals surface area (Å²) < 4.78 is 0. The minimum absolute atomic E-state index is 0.930. The van der Waals surface area contributed by atoms with Crippen molar-refractivity contribution in [2.45, 2.75) is 27.2 Å². The molecule has 0 unspecified atom stereocenters. The first kappa shape index (κ1) is 15.8. The van der Waals surface area contributed by atoms with Crippen LogP contribution in [0.1, 0.15) is 27.2 Å². The fraction of sp³-hybridized carbons (Fsp3) is 0.667. The quantitative estimate of drug-likeness (QED) is 0.743. The van der Waals surface area contributed by atoms with E-state index in [9.17, 15) is 0 Å². The first-order chi connectivity index (χ1) is 9.24. The Balaban J connectivity index is 2.52. The van der Waals surface area contributed by atoms with Gasteiger partial charge in [0.05, 0.1) is 0 Å². The summed E-state index contributed by atoms with van der Waals surface area (Å²) in [5.41, 5.74) is 1.25. The Morgan fingerprint density at radius 1 is 1.11 bits per heavy atom. The fourth-order valence-electron chi connectivity index (χ4n) is 2.25. The maximum absolute atomic E-state index is 4.26. The number of nitrogens with zero attached hydrogens (tertiary/aromatic N) is 3. The highest BCUT2D eigenvalue weighted by atomic mass is 15.1. The Morgan fingerprint density at radius 2 is 1.84 bits per heavy atom. The summed E-state index contributed by atoms with van der Waals surface area (Å²) in [7, 11) is 1.91. The Morgan fingerprint density at radius 3 is 2.42 bits per heavy atom. The molecule has 19 heavy (non-hydrogen) atoms. The summed E-state index contributed by atoms with van der Waals surface area (Å²) in [6.45, 7) is 12.2. The normalized spacial score (nSPS) is 10.8. The molecule has 0 spiro atoms. The summed E-state index contributed by atoms with van der Waals surface area (Å²) in [6, 6.07) is 4.20. The largest absolute Gasteiger partial charge is 0.373 e. The monoisotopic (exact) mass is 264 g/mol. The maximum Gasteiger partial charge on any atom is 0.127 e. The van der Waals surface area contributed by atoms with Crippen molar-refractivity contribution in [3.63, 3.8) is 0 Å². The van der Waals surface area contributed by atoms with Crippen LogP contribution in [0.3, 0.4) is 0 Å². The van der Waals surface area contributed by atoms with Gasteiger partial charge in [-0.25, -0.2) is 4.98 Å². The second-order valence-corrected chi connectivity index (χ2v) is 4.61. The van der Waals surface area contributed by atoms with Gasteiger partial charge in [0, 0.05) is 38.1 Å². The van der Waals surface area contributed by atoms with Gasteiger partial charge in [0.15, 0.2) is 0 Å². The molecule has 0 saturated heterocycles. The average molecular weight is 264 g/mol. The lowest BCUT2D eigenvalue weighted by atomic mass is 10.3. The van der Waals surface area contributed by atoms with Crippen LogP contribution < -0.4 is 10.2 Å². The lowest BCUT2D eigenvalue weighted by Crippen LogP contribution is -2.30. The molecule has 0 atom stereocenters. The predicted molar refractivity (Wildman–Crippen MR) is 84.1 cm³/mol. The lowest BCUT2D eigenvalue weighted by molar-refractivity contribution is 0.301.